The maximum Gasteiger partial charge on any atom is 0.317 e. The van der Waals surface area contributed by atoms with Gasteiger partial charge in [-0.15, -0.1) is 0 Å². The molecule has 9 nitrogen and oxygen atoms in total. The Balaban J connectivity index is 1.38. The van der Waals surface area contributed by atoms with Gasteiger partial charge in [0.1, 0.15) is 5.69 Å². The van der Waals surface area contributed by atoms with Crippen molar-refractivity contribution in [1.29, 1.82) is 0 Å². The molecule has 1 aromatic carbocycles. The van der Waals surface area contributed by atoms with Gasteiger partial charge in [-0.05, 0) is 43.4 Å². The van der Waals surface area contributed by atoms with E-state index in [1.54, 1.807) is 30.6 Å². The lowest BCUT2D eigenvalue weighted by Crippen LogP contribution is -2.49. The largest absolute Gasteiger partial charge is 0.483 e. The maximum atomic E-state index is 13.5. The number of aromatic nitrogens is 3. The molecule has 1 aliphatic heterocycles. The molecule has 36 heavy (non-hydrogen) atoms. The van der Waals surface area contributed by atoms with E-state index < -0.39 is 10.0 Å². The minimum Gasteiger partial charge on any atom is -0.483 e. The van der Waals surface area contributed by atoms with Crippen molar-refractivity contribution in [2.24, 2.45) is 0 Å². The Bertz CT molecular complexity index is 1320. The summed E-state index contributed by atoms with van der Waals surface area (Å²) < 4.78 is 35.1. The van der Waals surface area contributed by atoms with E-state index in [-0.39, 0.29) is 23.2 Å². The molecule has 0 N–H and O–H groups in total. The fraction of sp³-hybridized carbons (Fsp3) is 0.423. The van der Waals surface area contributed by atoms with Crippen molar-refractivity contribution >= 4 is 15.7 Å². The monoisotopic (exact) mass is 509 g/mol. The van der Waals surface area contributed by atoms with Crippen molar-refractivity contribution in [2.45, 2.75) is 44.0 Å². The smallest absolute Gasteiger partial charge is 0.317 e. The van der Waals surface area contributed by atoms with Gasteiger partial charge in [0.2, 0.25) is 15.8 Å². The Morgan fingerprint density at radius 3 is 2.33 bits per heavy atom. The Labute approximate surface area is 211 Å². The molecule has 2 aliphatic rings. The minimum absolute atomic E-state index is 0.0164. The number of anilines is 1. The second-order valence-corrected chi connectivity index (χ2v) is 11.2. The van der Waals surface area contributed by atoms with Crippen LogP contribution in [0.5, 0.6) is 5.75 Å². The molecular formula is C26H31N5O4S. The summed E-state index contributed by atoms with van der Waals surface area (Å²) in [6.45, 7) is 1.57. The number of benzene rings is 1. The number of nitrogens with zero attached hydrogens (tertiary/aromatic N) is 5. The average molecular weight is 510 g/mol. The second kappa shape index (κ2) is 10.8. The van der Waals surface area contributed by atoms with Crippen molar-refractivity contribution in [3.05, 3.63) is 76.8 Å². The number of hydrogen-bond acceptors (Lipinski definition) is 7. The fourth-order valence-corrected chi connectivity index (χ4v) is 6.36. The van der Waals surface area contributed by atoms with Crippen LogP contribution in [0.3, 0.4) is 0 Å². The van der Waals surface area contributed by atoms with Crippen molar-refractivity contribution in [2.75, 3.05) is 31.1 Å². The first-order chi connectivity index (χ1) is 17.5. The summed E-state index contributed by atoms with van der Waals surface area (Å²) in [6.07, 6.45) is 8.41. The average Bonchev–Trinajstić information content (AvgIpc) is 2.91. The van der Waals surface area contributed by atoms with Crippen LogP contribution in [0.4, 0.5) is 5.69 Å². The number of rotatable bonds is 7. The topological polar surface area (TPSA) is 97.6 Å². The quantitative estimate of drug-likeness (QED) is 0.483. The van der Waals surface area contributed by atoms with Crippen LogP contribution in [0.15, 0.2) is 65.7 Å². The van der Waals surface area contributed by atoms with Gasteiger partial charge in [0.05, 0.1) is 18.1 Å². The number of sulfonamides is 1. The molecule has 190 valence electrons. The highest BCUT2D eigenvalue weighted by atomic mass is 32.2. The molecule has 2 fully saturated rings. The summed E-state index contributed by atoms with van der Waals surface area (Å²) in [5.41, 5.74) is 1.03. The summed E-state index contributed by atoms with van der Waals surface area (Å²) in [6, 6.07) is 14.5. The van der Waals surface area contributed by atoms with Crippen LogP contribution in [0.2, 0.25) is 0 Å². The van der Waals surface area contributed by atoms with E-state index in [9.17, 15) is 13.2 Å². The molecule has 3 heterocycles. The third-order valence-electron chi connectivity index (χ3n) is 6.78. The van der Waals surface area contributed by atoms with E-state index in [0.717, 1.165) is 31.2 Å². The standard InChI is InChI=1S/C26H31N5O4S/c32-26-25(35-22-11-5-2-6-12-22)23(19-28-31(26)24-13-7-8-14-27-24)29-15-17-30(18-16-29)36(33,34)20-21-9-3-1-4-10-21/h1,3-4,7-10,13-14,19,22H,2,5-6,11-12,15-18,20H2. The van der Waals surface area contributed by atoms with Crippen LogP contribution in [0.1, 0.15) is 37.7 Å². The number of ether oxygens (including phenoxy) is 1. The van der Waals surface area contributed by atoms with Crippen molar-refractivity contribution in [3.63, 3.8) is 0 Å². The molecule has 1 saturated carbocycles. The zero-order chi connectivity index (χ0) is 25.0. The normalized spacial score (nSPS) is 17.7. The summed E-state index contributed by atoms with van der Waals surface area (Å²) in [7, 11) is -3.44. The fourth-order valence-electron chi connectivity index (χ4n) is 4.84. The number of piperazine rings is 1. The third-order valence-corrected chi connectivity index (χ3v) is 8.63. The zero-order valence-corrected chi connectivity index (χ0v) is 21.0. The summed E-state index contributed by atoms with van der Waals surface area (Å²) in [5, 5.41) is 4.39. The van der Waals surface area contributed by atoms with E-state index in [4.69, 9.17) is 4.74 Å². The number of hydrogen-bond donors (Lipinski definition) is 0. The van der Waals surface area contributed by atoms with Crippen LogP contribution < -0.4 is 15.2 Å². The molecule has 10 heteroatoms. The van der Waals surface area contributed by atoms with Crippen LogP contribution in [0.25, 0.3) is 5.82 Å². The Hall–Kier alpha value is -3.24. The van der Waals surface area contributed by atoms with Gasteiger partial charge in [-0.1, -0.05) is 42.8 Å². The molecular weight excluding hydrogens is 478 g/mol. The Morgan fingerprint density at radius 1 is 0.917 bits per heavy atom. The first-order valence-corrected chi connectivity index (χ1v) is 14.1. The van der Waals surface area contributed by atoms with E-state index in [0.29, 0.717) is 37.7 Å². The summed E-state index contributed by atoms with van der Waals surface area (Å²) in [5.74, 6) is 0.675. The van der Waals surface area contributed by atoms with Crippen LogP contribution in [-0.2, 0) is 15.8 Å². The highest BCUT2D eigenvalue weighted by Crippen LogP contribution is 2.30. The molecule has 2 aromatic heterocycles. The van der Waals surface area contributed by atoms with Crippen LogP contribution in [0, 0.1) is 0 Å². The van der Waals surface area contributed by atoms with Gasteiger partial charge in [-0.25, -0.2) is 13.4 Å². The predicted molar refractivity (Wildman–Crippen MR) is 138 cm³/mol. The van der Waals surface area contributed by atoms with E-state index >= 15 is 0 Å². The zero-order valence-electron chi connectivity index (χ0n) is 20.2. The van der Waals surface area contributed by atoms with Crippen LogP contribution in [-0.4, -0.2) is 59.8 Å². The third kappa shape index (κ3) is 5.44. The lowest BCUT2D eigenvalue weighted by molar-refractivity contribution is 0.152. The van der Waals surface area contributed by atoms with Gasteiger partial charge in [0.25, 0.3) is 0 Å². The molecule has 1 saturated heterocycles. The number of pyridine rings is 1. The molecule has 3 aromatic rings. The molecule has 1 aliphatic carbocycles. The van der Waals surface area contributed by atoms with E-state index in [1.807, 2.05) is 35.2 Å². The van der Waals surface area contributed by atoms with E-state index in [2.05, 4.69) is 10.1 Å². The maximum absolute atomic E-state index is 13.5. The van der Waals surface area contributed by atoms with Crippen molar-refractivity contribution in [1.82, 2.24) is 19.1 Å². The molecule has 0 amide bonds. The van der Waals surface area contributed by atoms with E-state index in [1.165, 1.54) is 15.4 Å². The van der Waals surface area contributed by atoms with Gasteiger partial charge in [-0.2, -0.15) is 14.1 Å². The highest BCUT2D eigenvalue weighted by molar-refractivity contribution is 7.88. The van der Waals surface area contributed by atoms with Crippen molar-refractivity contribution < 1.29 is 13.2 Å². The Morgan fingerprint density at radius 2 is 1.64 bits per heavy atom. The van der Waals surface area contributed by atoms with Crippen molar-refractivity contribution in [3.8, 4) is 11.6 Å². The SMILES string of the molecule is O=c1c(OC2CCCCC2)c(N2CCN(S(=O)(=O)Cc3ccccc3)CC2)cnn1-c1ccccn1. The molecule has 0 atom stereocenters. The van der Waals surface area contributed by atoms with Gasteiger partial charge in [0, 0.05) is 32.4 Å². The summed E-state index contributed by atoms with van der Waals surface area (Å²) in [4.78, 5) is 19.8. The first kappa shape index (κ1) is 24.5. The predicted octanol–water partition coefficient (Wildman–Crippen LogP) is 2.99. The minimum atomic E-state index is -3.44. The highest BCUT2D eigenvalue weighted by Gasteiger charge is 2.30. The van der Waals surface area contributed by atoms with Gasteiger partial charge >= 0.3 is 5.56 Å². The molecule has 0 spiro atoms. The molecule has 0 radical (unpaired) electrons. The first-order valence-electron chi connectivity index (χ1n) is 12.5. The molecule has 0 bridgehead atoms. The second-order valence-electron chi connectivity index (χ2n) is 9.27. The van der Waals surface area contributed by atoms with Gasteiger partial charge < -0.3 is 9.64 Å². The van der Waals surface area contributed by atoms with Crippen LogP contribution >= 0.6 is 0 Å². The summed E-state index contributed by atoms with van der Waals surface area (Å²) >= 11 is 0. The lowest BCUT2D eigenvalue weighted by Gasteiger charge is -2.36. The molecule has 5 rings (SSSR count). The molecule has 0 unspecified atom stereocenters. The van der Waals surface area contributed by atoms with Gasteiger partial charge in [0.15, 0.2) is 5.82 Å². The van der Waals surface area contributed by atoms with Gasteiger partial charge in [-0.3, -0.25) is 4.79 Å². The lowest BCUT2D eigenvalue weighted by atomic mass is 9.98. The Kier molecular flexibility index (Phi) is 7.33.